The molecule has 0 bridgehead atoms. The maximum atomic E-state index is 10.2. The molecule has 1 aromatic carbocycles. The van der Waals surface area contributed by atoms with Gasteiger partial charge in [0.2, 0.25) is 0 Å². The van der Waals surface area contributed by atoms with Crippen LogP contribution in [0, 0.1) is 6.92 Å². The molecule has 1 aromatic rings. The van der Waals surface area contributed by atoms with E-state index in [0.29, 0.717) is 0 Å². The molecule has 0 radical (unpaired) electrons. The Balaban J connectivity index is 2.43. The maximum Gasteiger partial charge on any atom is 0.0575 e. The molecule has 1 heterocycles. The first-order valence-electron chi connectivity index (χ1n) is 7.84. The first-order valence-corrected chi connectivity index (χ1v) is 7.84. The fourth-order valence-corrected chi connectivity index (χ4v) is 4.15. The molecular formula is C19H29NO. The number of benzene rings is 1. The van der Waals surface area contributed by atoms with Gasteiger partial charge in [0.05, 0.1) is 12.1 Å². The lowest BCUT2D eigenvalue weighted by Gasteiger charge is -2.57. The standard InChI is InChI=1S/C19H29NO/c1-7-17(15-10-8-14(2)9-11-15)20-18(3,4)12-16(21)13-19(20,5)6/h7-11,16-17,21H,1,12-13H2,2-6H3. The third kappa shape index (κ3) is 3.22. The summed E-state index contributed by atoms with van der Waals surface area (Å²) in [5, 5.41) is 10.2. The Labute approximate surface area is 129 Å². The van der Waals surface area contributed by atoms with Crippen LogP contribution in [0.5, 0.6) is 0 Å². The number of piperidine rings is 1. The van der Waals surface area contributed by atoms with Crippen molar-refractivity contribution in [3.63, 3.8) is 0 Å². The Bertz CT molecular complexity index is 483. The van der Waals surface area contributed by atoms with Crippen LogP contribution in [0.2, 0.25) is 0 Å². The van der Waals surface area contributed by atoms with Crippen LogP contribution in [0.3, 0.4) is 0 Å². The van der Waals surface area contributed by atoms with E-state index in [4.69, 9.17) is 0 Å². The highest BCUT2D eigenvalue weighted by Crippen LogP contribution is 2.44. The number of hydrogen-bond acceptors (Lipinski definition) is 2. The first-order chi connectivity index (χ1) is 9.67. The Morgan fingerprint density at radius 2 is 1.62 bits per heavy atom. The van der Waals surface area contributed by atoms with Crippen molar-refractivity contribution in [2.75, 3.05) is 0 Å². The zero-order chi connectivity index (χ0) is 15.8. The van der Waals surface area contributed by atoms with Gasteiger partial charge in [-0.3, -0.25) is 4.90 Å². The van der Waals surface area contributed by atoms with Crippen LogP contribution in [-0.2, 0) is 0 Å². The van der Waals surface area contributed by atoms with Crippen LogP contribution in [0.25, 0.3) is 0 Å². The van der Waals surface area contributed by atoms with Crippen LogP contribution in [0.15, 0.2) is 36.9 Å². The predicted molar refractivity (Wildman–Crippen MR) is 89.4 cm³/mol. The van der Waals surface area contributed by atoms with Crippen LogP contribution < -0.4 is 0 Å². The zero-order valence-electron chi connectivity index (χ0n) is 14.1. The minimum atomic E-state index is -0.227. The molecule has 1 N–H and O–H groups in total. The van der Waals surface area contributed by atoms with E-state index in [0.717, 1.165) is 12.8 Å². The molecule has 2 nitrogen and oxygen atoms in total. The number of rotatable bonds is 3. The number of hydrogen-bond donors (Lipinski definition) is 1. The quantitative estimate of drug-likeness (QED) is 0.841. The highest BCUT2D eigenvalue weighted by atomic mass is 16.3. The number of likely N-dealkylation sites (tertiary alicyclic amines) is 1. The zero-order valence-corrected chi connectivity index (χ0v) is 14.1. The molecule has 0 aliphatic carbocycles. The van der Waals surface area contributed by atoms with E-state index in [1.165, 1.54) is 11.1 Å². The minimum Gasteiger partial charge on any atom is -0.393 e. The average Bonchev–Trinajstić information content (AvgIpc) is 2.33. The van der Waals surface area contributed by atoms with E-state index in [-0.39, 0.29) is 23.2 Å². The molecule has 1 aliphatic heterocycles. The number of aliphatic hydroxyl groups is 1. The topological polar surface area (TPSA) is 23.5 Å². The smallest absolute Gasteiger partial charge is 0.0575 e. The van der Waals surface area contributed by atoms with Crippen molar-refractivity contribution in [3.05, 3.63) is 48.0 Å². The van der Waals surface area contributed by atoms with Gasteiger partial charge in [-0.25, -0.2) is 0 Å². The summed E-state index contributed by atoms with van der Waals surface area (Å²) in [5.74, 6) is 0. The molecule has 116 valence electrons. The van der Waals surface area contributed by atoms with Gasteiger partial charge < -0.3 is 5.11 Å². The molecule has 1 atom stereocenters. The summed E-state index contributed by atoms with van der Waals surface area (Å²) in [7, 11) is 0. The highest BCUT2D eigenvalue weighted by Gasteiger charge is 2.47. The van der Waals surface area contributed by atoms with Gasteiger partial charge in [0.25, 0.3) is 0 Å². The third-order valence-electron chi connectivity index (χ3n) is 4.69. The Morgan fingerprint density at radius 3 is 2.05 bits per heavy atom. The minimum absolute atomic E-state index is 0.0646. The van der Waals surface area contributed by atoms with E-state index in [2.05, 4.69) is 70.4 Å². The van der Waals surface area contributed by atoms with Crippen molar-refractivity contribution in [1.82, 2.24) is 4.90 Å². The SMILES string of the molecule is C=CC(c1ccc(C)cc1)N1C(C)(C)CC(O)CC1(C)C. The van der Waals surface area contributed by atoms with Crippen LogP contribution >= 0.6 is 0 Å². The lowest BCUT2D eigenvalue weighted by molar-refractivity contribution is -0.0964. The molecule has 2 heteroatoms. The van der Waals surface area contributed by atoms with Crippen LogP contribution in [0.1, 0.15) is 57.7 Å². The third-order valence-corrected chi connectivity index (χ3v) is 4.69. The predicted octanol–water partition coefficient (Wildman–Crippen LogP) is 4.24. The second kappa shape index (κ2) is 5.58. The van der Waals surface area contributed by atoms with E-state index >= 15 is 0 Å². The summed E-state index contributed by atoms with van der Waals surface area (Å²) >= 11 is 0. The van der Waals surface area contributed by atoms with Gasteiger partial charge >= 0.3 is 0 Å². The molecule has 0 saturated carbocycles. The summed E-state index contributed by atoms with van der Waals surface area (Å²) in [4.78, 5) is 2.52. The van der Waals surface area contributed by atoms with Crippen LogP contribution in [-0.4, -0.2) is 27.2 Å². The average molecular weight is 287 g/mol. The molecule has 0 aromatic heterocycles. The maximum absolute atomic E-state index is 10.2. The van der Waals surface area contributed by atoms with Gasteiger partial charge in [-0.1, -0.05) is 35.9 Å². The molecule has 0 spiro atoms. The van der Waals surface area contributed by atoms with Crippen molar-refractivity contribution in [1.29, 1.82) is 0 Å². The summed E-state index contributed by atoms with van der Waals surface area (Å²) in [6.45, 7) is 15.1. The van der Waals surface area contributed by atoms with Crippen LogP contribution in [0.4, 0.5) is 0 Å². The van der Waals surface area contributed by atoms with Crippen molar-refractivity contribution >= 4 is 0 Å². The molecule has 1 unspecified atom stereocenters. The van der Waals surface area contributed by atoms with Crippen molar-refractivity contribution in [2.45, 2.75) is 70.7 Å². The lowest BCUT2D eigenvalue weighted by atomic mass is 9.76. The molecule has 0 amide bonds. The Kier molecular flexibility index (Phi) is 4.32. The summed E-state index contributed by atoms with van der Waals surface area (Å²) in [6.07, 6.45) is 3.40. The Morgan fingerprint density at radius 1 is 1.14 bits per heavy atom. The number of aryl methyl sites for hydroxylation is 1. The van der Waals surface area contributed by atoms with E-state index in [1.807, 2.05) is 6.08 Å². The molecule has 1 fully saturated rings. The molecule has 1 saturated heterocycles. The number of aliphatic hydroxyl groups excluding tert-OH is 1. The van der Waals surface area contributed by atoms with Gasteiger partial charge in [-0.05, 0) is 53.0 Å². The van der Waals surface area contributed by atoms with Crippen molar-refractivity contribution < 1.29 is 5.11 Å². The monoisotopic (exact) mass is 287 g/mol. The van der Waals surface area contributed by atoms with Gasteiger partial charge in [-0.15, -0.1) is 6.58 Å². The van der Waals surface area contributed by atoms with Gasteiger partial charge in [0, 0.05) is 11.1 Å². The largest absolute Gasteiger partial charge is 0.393 e. The fourth-order valence-electron chi connectivity index (χ4n) is 4.15. The summed E-state index contributed by atoms with van der Waals surface area (Å²) < 4.78 is 0. The van der Waals surface area contributed by atoms with Crippen molar-refractivity contribution in [2.24, 2.45) is 0 Å². The fraction of sp³-hybridized carbons (Fsp3) is 0.579. The molecular weight excluding hydrogens is 258 g/mol. The molecule has 21 heavy (non-hydrogen) atoms. The summed E-state index contributed by atoms with van der Waals surface area (Å²) in [6, 6.07) is 8.87. The highest BCUT2D eigenvalue weighted by molar-refractivity contribution is 5.28. The second-order valence-corrected chi connectivity index (χ2v) is 7.65. The van der Waals surface area contributed by atoms with Gasteiger partial charge in [0.1, 0.15) is 0 Å². The normalized spacial score (nSPS) is 23.7. The second-order valence-electron chi connectivity index (χ2n) is 7.65. The summed E-state index contributed by atoms with van der Waals surface area (Å²) in [5.41, 5.74) is 2.41. The molecule has 1 aliphatic rings. The lowest BCUT2D eigenvalue weighted by Crippen LogP contribution is -2.62. The van der Waals surface area contributed by atoms with E-state index in [1.54, 1.807) is 0 Å². The van der Waals surface area contributed by atoms with Crippen molar-refractivity contribution in [3.8, 4) is 0 Å². The Hall–Kier alpha value is -1.12. The van der Waals surface area contributed by atoms with E-state index < -0.39 is 0 Å². The van der Waals surface area contributed by atoms with E-state index in [9.17, 15) is 5.11 Å². The number of nitrogens with zero attached hydrogens (tertiary/aromatic N) is 1. The first kappa shape index (κ1) is 16.3. The van der Waals surface area contributed by atoms with Gasteiger partial charge in [0.15, 0.2) is 0 Å². The van der Waals surface area contributed by atoms with Gasteiger partial charge in [-0.2, -0.15) is 0 Å². The molecule has 2 rings (SSSR count).